The number of nitrogen functional groups attached to an aromatic ring is 1. The van der Waals surface area contributed by atoms with Crippen molar-refractivity contribution in [1.29, 1.82) is 0 Å². The van der Waals surface area contributed by atoms with Gasteiger partial charge in [0.05, 0.1) is 12.2 Å². The van der Waals surface area contributed by atoms with Crippen LogP contribution in [0.15, 0.2) is 72.9 Å². The van der Waals surface area contributed by atoms with Crippen molar-refractivity contribution in [2.45, 2.75) is 6.54 Å². The molecule has 0 amide bonds. The average Bonchev–Trinajstić information content (AvgIpc) is 2.55. The van der Waals surface area contributed by atoms with Gasteiger partial charge in [-0.3, -0.25) is 4.98 Å². The van der Waals surface area contributed by atoms with E-state index in [4.69, 9.17) is 5.73 Å². The molecule has 21 heavy (non-hydrogen) atoms. The van der Waals surface area contributed by atoms with E-state index in [0.717, 1.165) is 28.2 Å². The van der Waals surface area contributed by atoms with E-state index in [1.807, 2.05) is 54.6 Å². The number of hydrogen-bond donors (Lipinski definition) is 2. The maximum atomic E-state index is 6.09. The van der Waals surface area contributed by atoms with Crippen LogP contribution in [0.4, 0.5) is 11.4 Å². The number of nitrogens with zero attached hydrogens (tertiary/aromatic N) is 1. The van der Waals surface area contributed by atoms with Crippen LogP contribution < -0.4 is 11.1 Å². The standard InChI is InChI=1S/C18H17N3/c19-17-10-3-1-8-15(17)16-9-2-4-11-18(16)21-13-14-7-5-6-12-20-14/h1-12,21H,13,19H2. The third-order valence-corrected chi connectivity index (χ3v) is 3.36. The Kier molecular flexibility index (Phi) is 3.83. The topological polar surface area (TPSA) is 50.9 Å². The summed E-state index contributed by atoms with van der Waals surface area (Å²) in [5.41, 5.74) is 11.1. The first-order valence-electron chi connectivity index (χ1n) is 6.92. The molecule has 0 aliphatic heterocycles. The van der Waals surface area contributed by atoms with Crippen LogP contribution in [0, 0.1) is 0 Å². The third kappa shape index (κ3) is 3.03. The summed E-state index contributed by atoms with van der Waals surface area (Å²) in [5, 5.41) is 3.44. The van der Waals surface area contributed by atoms with Crippen molar-refractivity contribution in [1.82, 2.24) is 4.98 Å². The number of rotatable bonds is 4. The van der Waals surface area contributed by atoms with Gasteiger partial charge >= 0.3 is 0 Å². The fourth-order valence-electron chi connectivity index (χ4n) is 2.30. The van der Waals surface area contributed by atoms with Gasteiger partial charge in [0.25, 0.3) is 0 Å². The van der Waals surface area contributed by atoms with Crippen LogP contribution in [0.2, 0.25) is 0 Å². The summed E-state index contributed by atoms with van der Waals surface area (Å²) >= 11 is 0. The van der Waals surface area contributed by atoms with E-state index in [0.29, 0.717) is 6.54 Å². The number of nitrogens with one attached hydrogen (secondary N) is 1. The lowest BCUT2D eigenvalue weighted by atomic mass is 10.0. The summed E-state index contributed by atoms with van der Waals surface area (Å²) in [4.78, 5) is 4.33. The van der Waals surface area contributed by atoms with E-state index in [9.17, 15) is 0 Å². The lowest BCUT2D eigenvalue weighted by molar-refractivity contribution is 1.05. The van der Waals surface area contributed by atoms with E-state index >= 15 is 0 Å². The van der Waals surface area contributed by atoms with Gasteiger partial charge in [-0.1, -0.05) is 42.5 Å². The van der Waals surface area contributed by atoms with Gasteiger partial charge in [0.1, 0.15) is 0 Å². The van der Waals surface area contributed by atoms with E-state index in [1.54, 1.807) is 6.20 Å². The number of aromatic nitrogens is 1. The lowest BCUT2D eigenvalue weighted by Crippen LogP contribution is -2.03. The molecule has 1 heterocycles. The minimum atomic E-state index is 0.685. The molecule has 0 aliphatic carbocycles. The van der Waals surface area contributed by atoms with Crippen LogP contribution in [0.5, 0.6) is 0 Å². The molecule has 1 aromatic heterocycles. The highest BCUT2D eigenvalue weighted by atomic mass is 14.9. The maximum absolute atomic E-state index is 6.09. The Balaban J connectivity index is 1.88. The maximum Gasteiger partial charge on any atom is 0.0594 e. The second-order valence-corrected chi connectivity index (χ2v) is 4.81. The molecule has 2 aromatic carbocycles. The molecule has 0 spiro atoms. The van der Waals surface area contributed by atoms with Crippen molar-refractivity contribution in [3.05, 3.63) is 78.6 Å². The van der Waals surface area contributed by atoms with Crippen molar-refractivity contribution in [3.63, 3.8) is 0 Å². The molecule has 3 N–H and O–H groups in total. The fraction of sp³-hybridized carbons (Fsp3) is 0.0556. The summed E-state index contributed by atoms with van der Waals surface area (Å²) in [6, 6.07) is 22.0. The number of para-hydroxylation sites is 2. The molecule has 0 atom stereocenters. The highest BCUT2D eigenvalue weighted by Crippen LogP contribution is 2.31. The Hall–Kier alpha value is -2.81. The van der Waals surface area contributed by atoms with Crippen LogP contribution in [-0.4, -0.2) is 4.98 Å². The largest absolute Gasteiger partial charge is 0.398 e. The minimum absolute atomic E-state index is 0.685. The van der Waals surface area contributed by atoms with Gasteiger partial charge in [0.15, 0.2) is 0 Å². The molecule has 3 heteroatoms. The number of hydrogen-bond acceptors (Lipinski definition) is 3. The van der Waals surface area contributed by atoms with Crippen LogP contribution in [0.25, 0.3) is 11.1 Å². The molecule has 0 fully saturated rings. The second kappa shape index (κ2) is 6.09. The molecule has 0 saturated carbocycles. The van der Waals surface area contributed by atoms with Gasteiger partial charge in [-0.05, 0) is 24.3 Å². The summed E-state index contributed by atoms with van der Waals surface area (Å²) in [7, 11) is 0. The Labute approximate surface area is 124 Å². The monoisotopic (exact) mass is 275 g/mol. The van der Waals surface area contributed by atoms with E-state index < -0.39 is 0 Å². The molecular weight excluding hydrogens is 258 g/mol. The quantitative estimate of drug-likeness (QED) is 0.709. The number of anilines is 2. The second-order valence-electron chi connectivity index (χ2n) is 4.81. The van der Waals surface area contributed by atoms with E-state index in [2.05, 4.69) is 22.4 Å². The molecule has 0 unspecified atom stereocenters. The van der Waals surface area contributed by atoms with Crippen molar-refractivity contribution in [2.75, 3.05) is 11.1 Å². The van der Waals surface area contributed by atoms with Crippen molar-refractivity contribution in [2.24, 2.45) is 0 Å². The van der Waals surface area contributed by atoms with E-state index in [1.165, 1.54) is 0 Å². The molecule has 104 valence electrons. The molecule has 3 nitrogen and oxygen atoms in total. The van der Waals surface area contributed by atoms with E-state index in [-0.39, 0.29) is 0 Å². The molecule has 0 aliphatic rings. The van der Waals surface area contributed by atoms with Crippen LogP contribution >= 0.6 is 0 Å². The predicted octanol–water partition coefficient (Wildman–Crippen LogP) is 3.94. The number of nitrogens with two attached hydrogens (primary N) is 1. The molecule has 3 rings (SSSR count). The molecule has 3 aromatic rings. The molecule has 0 bridgehead atoms. The zero-order valence-corrected chi connectivity index (χ0v) is 11.7. The van der Waals surface area contributed by atoms with Gasteiger partial charge < -0.3 is 11.1 Å². The average molecular weight is 275 g/mol. The van der Waals surface area contributed by atoms with Crippen molar-refractivity contribution >= 4 is 11.4 Å². The summed E-state index contributed by atoms with van der Waals surface area (Å²) < 4.78 is 0. The Morgan fingerprint density at radius 2 is 1.52 bits per heavy atom. The zero-order valence-electron chi connectivity index (χ0n) is 11.7. The first-order valence-corrected chi connectivity index (χ1v) is 6.92. The Morgan fingerprint density at radius 3 is 2.29 bits per heavy atom. The first-order chi connectivity index (χ1) is 10.3. The van der Waals surface area contributed by atoms with Gasteiger partial charge in [-0.15, -0.1) is 0 Å². The molecular formula is C18H17N3. The lowest BCUT2D eigenvalue weighted by Gasteiger charge is -2.13. The van der Waals surface area contributed by atoms with Crippen LogP contribution in [-0.2, 0) is 6.54 Å². The molecule has 0 saturated heterocycles. The minimum Gasteiger partial charge on any atom is -0.398 e. The summed E-state index contributed by atoms with van der Waals surface area (Å²) in [5.74, 6) is 0. The zero-order chi connectivity index (χ0) is 14.5. The fourth-order valence-corrected chi connectivity index (χ4v) is 2.30. The van der Waals surface area contributed by atoms with Crippen LogP contribution in [0.1, 0.15) is 5.69 Å². The number of benzene rings is 2. The predicted molar refractivity (Wildman–Crippen MR) is 87.9 cm³/mol. The van der Waals surface area contributed by atoms with Crippen LogP contribution in [0.3, 0.4) is 0 Å². The van der Waals surface area contributed by atoms with Gasteiger partial charge in [0, 0.05) is 28.7 Å². The first kappa shape index (κ1) is 13.2. The number of pyridine rings is 1. The van der Waals surface area contributed by atoms with Gasteiger partial charge in [0.2, 0.25) is 0 Å². The Bertz CT molecular complexity index is 723. The summed E-state index contributed by atoms with van der Waals surface area (Å²) in [6.07, 6.45) is 1.80. The van der Waals surface area contributed by atoms with Crippen molar-refractivity contribution in [3.8, 4) is 11.1 Å². The highest BCUT2D eigenvalue weighted by molar-refractivity contribution is 5.85. The molecule has 0 radical (unpaired) electrons. The SMILES string of the molecule is Nc1ccccc1-c1ccccc1NCc1ccccn1. The third-order valence-electron chi connectivity index (χ3n) is 3.36. The van der Waals surface area contributed by atoms with Crippen molar-refractivity contribution < 1.29 is 0 Å². The Morgan fingerprint density at radius 1 is 0.810 bits per heavy atom. The van der Waals surface area contributed by atoms with Gasteiger partial charge in [-0.25, -0.2) is 0 Å². The highest BCUT2D eigenvalue weighted by Gasteiger charge is 2.07. The normalized spacial score (nSPS) is 10.3. The van der Waals surface area contributed by atoms with Gasteiger partial charge in [-0.2, -0.15) is 0 Å². The summed E-state index contributed by atoms with van der Waals surface area (Å²) in [6.45, 7) is 0.685. The smallest absolute Gasteiger partial charge is 0.0594 e.